The zero-order chi connectivity index (χ0) is 17.9. The number of fused-ring (bicyclic) bond motifs is 1. The number of nitrogens with zero attached hydrogens (tertiary/aromatic N) is 3. The molecule has 1 saturated heterocycles. The molecule has 0 unspecified atom stereocenters. The average Bonchev–Trinajstić information content (AvgIpc) is 3.52. The Labute approximate surface area is 155 Å². The van der Waals surface area contributed by atoms with Crippen molar-refractivity contribution in [2.45, 2.75) is 70.1 Å². The standard InChI is InChI=1S/C21H28N4O/c1-21(2)9-15-16(10-22)20(24-19(14-5-6-14)17(15)12-26-21)25-8-7-23-18(11-25)13-3-4-13/h13-14,18,23H,3-9,11-12H2,1-2H3/t18-/m0/s1. The van der Waals surface area contributed by atoms with E-state index in [1.165, 1.54) is 42.5 Å². The Morgan fingerprint density at radius 1 is 1.23 bits per heavy atom. The molecule has 0 spiro atoms. The summed E-state index contributed by atoms with van der Waals surface area (Å²) in [4.78, 5) is 7.48. The lowest BCUT2D eigenvalue weighted by atomic mass is 9.87. The van der Waals surface area contributed by atoms with Gasteiger partial charge >= 0.3 is 0 Å². The third-order valence-corrected chi connectivity index (χ3v) is 6.41. The van der Waals surface area contributed by atoms with Crippen LogP contribution >= 0.6 is 0 Å². The van der Waals surface area contributed by atoms with Gasteiger partial charge in [-0.1, -0.05) is 0 Å². The maximum absolute atomic E-state index is 10.0. The van der Waals surface area contributed by atoms with Gasteiger partial charge in [-0.3, -0.25) is 0 Å². The Balaban J connectivity index is 1.58. The van der Waals surface area contributed by atoms with Gasteiger partial charge in [0.25, 0.3) is 0 Å². The predicted molar refractivity (Wildman–Crippen MR) is 100 cm³/mol. The molecule has 4 aliphatic rings. The fourth-order valence-electron chi connectivity index (χ4n) is 4.60. The molecule has 2 aliphatic heterocycles. The minimum Gasteiger partial charge on any atom is -0.370 e. The van der Waals surface area contributed by atoms with Crippen molar-refractivity contribution in [1.29, 1.82) is 5.26 Å². The van der Waals surface area contributed by atoms with E-state index in [1.54, 1.807) is 0 Å². The van der Waals surface area contributed by atoms with Crippen LogP contribution in [-0.4, -0.2) is 36.3 Å². The van der Waals surface area contributed by atoms with Crippen LogP contribution in [0.5, 0.6) is 0 Å². The number of anilines is 1. The van der Waals surface area contributed by atoms with Crippen LogP contribution in [0.15, 0.2) is 0 Å². The molecule has 5 nitrogen and oxygen atoms in total. The number of rotatable bonds is 3. The van der Waals surface area contributed by atoms with Gasteiger partial charge in [0, 0.05) is 43.6 Å². The number of aromatic nitrogens is 1. The highest BCUT2D eigenvalue weighted by Crippen LogP contribution is 2.46. The molecule has 0 aromatic carbocycles. The van der Waals surface area contributed by atoms with Crippen LogP contribution in [-0.2, 0) is 17.8 Å². The van der Waals surface area contributed by atoms with Gasteiger partial charge in [0.15, 0.2) is 0 Å². The first-order valence-electron chi connectivity index (χ1n) is 10.1. The van der Waals surface area contributed by atoms with Crippen LogP contribution < -0.4 is 10.2 Å². The molecule has 5 heteroatoms. The quantitative estimate of drug-likeness (QED) is 0.906. The summed E-state index contributed by atoms with van der Waals surface area (Å²) in [6.07, 6.45) is 5.93. The lowest BCUT2D eigenvalue weighted by molar-refractivity contribution is -0.0407. The molecule has 0 radical (unpaired) electrons. The molecule has 1 aromatic rings. The van der Waals surface area contributed by atoms with E-state index in [-0.39, 0.29) is 5.60 Å². The van der Waals surface area contributed by atoms with E-state index in [0.717, 1.165) is 43.4 Å². The molecule has 3 heterocycles. The van der Waals surface area contributed by atoms with Crippen LogP contribution in [0, 0.1) is 17.2 Å². The van der Waals surface area contributed by atoms with Crippen molar-refractivity contribution in [1.82, 2.24) is 10.3 Å². The van der Waals surface area contributed by atoms with Gasteiger partial charge in [-0.05, 0) is 51.0 Å². The van der Waals surface area contributed by atoms with Gasteiger partial charge in [0.2, 0.25) is 0 Å². The summed E-state index contributed by atoms with van der Waals surface area (Å²) in [6.45, 7) is 7.76. The van der Waals surface area contributed by atoms with Crippen molar-refractivity contribution in [3.63, 3.8) is 0 Å². The van der Waals surface area contributed by atoms with Crippen molar-refractivity contribution in [2.75, 3.05) is 24.5 Å². The molecular formula is C21H28N4O. The van der Waals surface area contributed by atoms with Crippen molar-refractivity contribution >= 4 is 5.82 Å². The molecular weight excluding hydrogens is 324 g/mol. The summed E-state index contributed by atoms with van der Waals surface area (Å²) in [7, 11) is 0. The highest BCUT2D eigenvalue weighted by atomic mass is 16.5. The van der Waals surface area contributed by atoms with Crippen molar-refractivity contribution in [3.8, 4) is 6.07 Å². The van der Waals surface area contributed by atoms with Gasteiger partial charge in [0.1, 0.15) is 11.9 Å². The van der Waals surface area contributed by atoms with E-state index in [4.69, 9.17) is 9.72 Å². The predicted octanol–water partition coefficient (Wildman–Crippen LogP) is 2.87. The second-order valence-corrected chi connectivity index (χ2v) is 9.11. The third kappa shape index (κ3) is 2.90. The largest absolute Gasteiger partial charge is 0.370 e. The van der Waals surface area contributed by atoms with Crippen LogP contribution in [0.25, 0.3) is 0 Å². The lowest BCUT2D eigenvalue weighted by Gasteiger charge is -2.38. The fourth-order valence-corrected chi connectivity index (χ4v) is 4.60. The minimum atomic E-state index is -0.210. The van der Waals surface area contributed by atoms with Crippen LogP contribution in [0.2, 0.25) is 0 Å². The number of hydrogen-bond acceptors (Lipinski definition) is 5. The molecule has 1 N–H and O–H groups in total. The number of hydrogen-bond donors (Lipinski definition) is 1. The Morgan fingerprint density at radius 2 is 2.04 bits per heavy atom. The van der Waals surface area contributed by atoms with Crippen molar-refractivity contribution in [3.05, 3.63) is 22.4 Å². The highest BCUT2D eigenvalue weighted by molar-refractivity contribution is 5.62. The molecule has 1 atom stereocenters. The first-order valence-corrected chi connectivity index (χ1v) is 10.1. The maximum atomic E-state index is 10.0. The number of pyridine rings is 1. The van der Waals surface area contributed by atoms with Crippen LogP contribution in [0.4, 0.5) is 5.82 Å². The van der Waals surface area contributed by atoms with Crippen molar-refractivity contribution in [2.24, 2.45) is 5.92 Å². The zero-order valence-corrected chi connectivity index (χ0v) is 15.8. The summed E-state index contributed by atoms with van der Waals surface area (Å²) < 4.78 is 6.08. The first kappa shape index (κ1) is 16.5. The van der Waals surface area contributed by atoms with E-state index in [1.807, 2.05) is 0 Å². The number of ether oxygens (including phenoxy) is 1. The summed E-state index contributed by atoms with van der Waals surface area (Å²) in [5.41, 5.74) is 4.22. The van der Waals surface area contributed by atoms with Crippen LogP contribution in [0.1, 0.15) is 67.8 Å². The van der Waals surface area contributed by atoms with Gasteiger partial charge in [0.05, 0.1) is 23.5 Å². The molecule has 1 aromatic heterocycles. The van der Waals surface area contributed by atoms with E-state index >= 15 is 0 Å². The maximum Gasteiger partial charge on any atom is 0.147 e. The Morgan fingerprint density at radius 3 is 2.73 bits per heavy atom. The second-order valence-electron chi connectivity index (χ2n) is 9.11. The van der Waals surface area contributed by atoms with E-state index in [9.17, 15) is 5.26 Å². The van der Waals surface area contributed by atoms with Gasteiger partial charge in [-0.25, -0.2) is 4.98 Å². The Kier molecular flexibility index (Phi) is 3.77. The number of nitrogens with one attached hydrogen (secondary N) is 1. The van der Waals surface area contributed by atoms with Gasteiger partial charge in [-0.15, -0.1) is 0 Å². The molecule has 3 fully saturated rings. The van der Waals surface area contributed by atoms with Gasteiger partial charge in [-0.2, -0.15) is 5.26 Å². The molecule has 5 rings (SSSR count). The SMILES string of the molecule is CC1(C)Cc2c(C#N)c(N3CCN[C@H](C4CC4)C3)nc(C3CC3)c2CO1. The van der Waals surface area contributed by atoms with E-state index in [0.29, 0.717) is 18.6 Å². The molecule has 2 saturated carbocycles. The monoisotopic (exact) mass is 352 g/mol. The fraction of sp³-hybridized carbons (Fsp3) is 0.714. The first-order chi connectivity index (χ1) is 12.6. The Bertz CT molecular complexity index is 773. The van der Waals surface area contributed by atoms with E-state index in [2.05, 4.69) is 30.1 Å². The summed E-state index contributed by atoms with van der Waals surface area (Å²) in [6, 6.07) is 3.08. The molecule has 2 aliphatic carbocycles. The summed E-state index contributed by atoms with van der Waals surface area (Å²) >= 11 is 0. The summed E-state index contributed by atoms with van der Waals surface area (Å²) in [5.74, 6) is 2.33. The minimum absolute atomic E-state index is 0.210. The van der Waals surface area contributed by atoms with Crippen molar-refractivity contribution < 1.29 is 4.74 Å². The lowest BCUT2D eigenvalue weighted by Crippen LogP contribution is -2.52. The molecule has 26 heavy (non-hydrogen) atoms. The number of piperazine rings is 1. The second kappa shape index (κ2) is 5.94. The Hall–Kier alpha value is -1.64. The molecule has 138 valence electrons. The average molecular weight is 352 g/mol. The molecule has 0 amide bonds. The normalized spacial score (nSPS) is 27.7. The molecule has 0 bridgehead atoms. The van der Waals surface area contributed by atoms with E-state index < -0.39 is 0 Å². The zero-order valence-electron chi connectivity index (χ0n) is 15.8. The number of nitriles is 1. The van der Waals surface area contributed by atoms with Gasteiger partial charge < -0.3 is 15.0 Å². The highest BCUT2D eigenvalue weighted by Gasteiger charge is 2.39. The van der Waals surface area contributed by atoms with Crippen LogP contribution in [0.3, 0.4) is 0 Å². The summed E-state index contributed by atoms with van der Waals surface area (Å²) in [5, 5.41) is 13.7. The third-order valence-electron chi connectivity index (χ3n) is 6.41. The topological polar surface area (TPSA) is 61.2 Å². The smallest absolute Gasteiger partial charge is 0.147 e.